The molecule has 1 N–H and O–H groups in total. The molecular formula is C12H12BrN5S. The minimum atomic E-state index is 0.744. The second kappa shape index (κ2) is 5.36. The molecule has 0 unspecified atom stereocenters. The molecule has 7 heteroatoms. The fourth-order valence-corrected chi connectivity index (χ4v) is 2.77. The van der Waals surface area contributed by atoms with Crippen LogP contribution in [0, 0.1) is 6.92 Å². The van der Waals surface area contributed by atoms with Crippen LogP contribution in [0.1, 0.15) is 16.4 Å². The van der Waals surface area contributed by atoms with Crippen LogP contribution in [0.4, 0.5) is 0 Å². The molecule has 0 amide bonds. The van der Waals surface area contributed by atoms with Crippen LogP contribution in [0.5, 0.6) is 0 Å². The Hall–Kier alpha value is -1.31. The van der Waals surface area contributed by atoms with Crippen molar-refractivity contribution in [3.63, 3.8) is 0 Å². The average Bonchev–Trinajstić information content (AvgIpc) is 2.97. The maximum atomic E-state index is 4.42. The van der Waals surface area contributed by atoms with Crippen LogP contribution in [0.3, 0.4) is 0 Å². The van der Waals surface area contributed by atoms with Crippen molar-refractivity contribution in [2.45, 2.75) is 20.0 Å². The summed E-state index contributed by atoms with van der Waals surface area (Å²) < 4.78 is 2.82. The van der Waals surface area contributed by atoms with Crippen molar-refractivity contribution in [2.75, 3.05) is 0 Å². The number of hydrogen-bond donors (Lipinski definition) is 1. The highest BCUT2D eigenvalue weighted by Crippen LogP contribution is 2.11. The van der Waals surface area contributed by atoms with Crippen LogP contribution >= 0.6 is 27.3 Å². The van der Waals surface area contributed by atoms with Gasteiger partial charge in [-0.05, 0) is 22.9 Å². The Morgan fingerprint density at radius 2 is 2.21 bits per heavy atom. The van der Waals surface area contributed by atoms with E-state index in [0.29, 0.717) is 0 Å². The van der Waals surface area contributed by atoms with E-state index in [2.05, 4.69) is 41.6 Å². The van der Waals surface area contributed by atoms with E-state index in [9.17, 15) is 0 Å². The van der Waals surface area contributed by atoms with Gasteiger partial charge in [-0.3, -0.25) is 4.40 Å². The van der Waals surface area contributed by atoms with Crippen LogP contribution in [-0.2, 0) is 13.1 Å². The molecule has 0 aliphatic rings. The summed E-state index contributed by atoms with van der Waals surface area (Å²) in [5.41, 5.74) is 3.04. The van der Waals surface area contributed by atoms with Crippen LogP contribution in [0.25, 0.3) is 5.65 Å². The summed E-state index contributed by atoms with van der Waals surface area (Å²) >= 11 is 5.04. The van der Waals surface area contributed by atoms with E-state index in [-0.39, 0.29) is 0 Å². The summed E-state index contributed by atoms with van der Waals surface area (Å²) in [6.45, 7) is 3.53. The molecule has 0 aliphatic carbocycles. The Bertz CT molecular complexity index is 705. The third kappa shape index (κ3) is 2.83. The third-order valence-electron chi connectivity index (χ3n) is 2.72. The zero-order valence-corrected chi connectivity index (χ0v) is 12.7. The fourth-order valence-electron chi connectivity index (χ4n) is 1.85. The van der Waals surface area contributed by atoms with Crippen LogP contribution in [-0.4, -0.2) is 19.4 Å². The van der Waals surface area contributed by atoms with E-state index in [1.165, 1.54) is 0 Å². The van der Waals surface area contributed by atoms with Crippen molar-refractivity contribution in [3.8, 4) is 0 Å². The van der Waals surface area contributed by atoms with Crippen molar-refractivity contribution >= 4 is 32.9 Å². The molecule has 0 bridgehead atoms. The van der Waals surface area contributed by atoms with Gasteiger partial charge < -0.3 is 5.32 Å². The number of hydrogen-bond acceptors (Lipinski definition) is 5. The van der Waals surface area contributed by atoms with E-state index in [0.717, 1.165) is 39.7 Å². The molecule has 0 radical (unpaired) electrons. The Labute approximate surface area is 122 Å². The lowest BCUT2D eigenvalue weighted by Gasteiger charge is -2.03. The topological polar surface area (TPSA) is 55.1 Å². The number of thiazole rings is 1. The molecule has 0 aromatic carbocycles. The number of nitrogens with one attached hydrogen (secondary N) is 1. The number of fused-ring (bicyclic) bond motifs is 1. The van der Waals surface area contributed by atoms with Crippen molar-refractivity contribution in [1.82, 2.24) is 24.7 Å². The average molecular weight is 338 g/mol. The van der Waals surface area contributed by atoms with Gasteiger partial charge in [-0.25, -0.2) is 15.0 Å². The second-order valence-corrected chi connectivity index (χ2v) is 6.02. The summed E-state index contributed by atoms with van der Waals surface area (Å²) in [6, 6.07) is 0. The summed E-state index contributed by atoms with van der Waals surface area (Å²) in [7, 11) is 0. The number of imidazole rings is 1. The molecule has 5 nitrogen and oxygen atoms in total. The molecule has 3 aromatic rings. The van der Waals surface area contributed by atoms with Crippen LogP contribution in [0.2, 0.25) is 0 Å². The van der Waals surface area contributed by atoms with Crippen LogP contribution in [0.15, 0.2) is 28.6 Å². The third-order valence-corrected chi connectivity index (χ3v) is 3.95. The predicted octanol–water partition coefficient (Wildman–Crippen LogP) is 2.55. The smallest absolute Gasteiger partial charge is 0.155 e. The van der Waals surface area contributed by atoms with Gasteiger partial charge in [-0.2, -0.15) is 0 Å². The van der Waals surface area contributed by atoms with E-state index >= 15 is 0 Å². The fraction of sp³-hybridized carbons (Fsp3) is 0.250. The highest BCUT2D eigenvalue weighted by molar-refractivity contribution is 9.10. The summed E-state index contributed by atoms with van der Waals surface area (Å²) in [5, 5.41) is 6.56. The van der Waals surface area contributed by atoms with E-state index < -0.39 is 0 Å². The summed E-state index contributed by atoms with van der Waals surface area (Å²) in [5.74, 6) is 0. The SMILES string of the molecule is Cc1nc(CNCc2cnc3cnc(Br)cn23)cs1. The number of aryl methyl sites for hydroxylation is 1. The van der Waals surface area contributed by atoms with Gasteiger partial charge in [0.05, 0.1) is 28.8 Å². The zero-order valence-electron chi connectivity index (χ0n) is 10.3. The predicted molar refractivity (Wildman–Crippen MR) is 78.1 cm³/mol. The highest BCUT2D eigenvalue weighted by atomic mass is 79.9. The minimum absolute atomic E-state index is 0.744. The monoisotopic (exact) mass is 337 g/mol. The van der Waals surface area contributed by atoms with E-state index in [4.69, 9.17) is 0 Å². The maximum absolute atomic E-state index is 4.42. The first-order valence-corrected chi connectivity index (χ1v) is 7.49. The van der Waals surface area contributed by atoms with E-state index in [1.54, 1.807) is 17.5 Å². The van der Waals surface area contributed by atoms with Gasteiger partial charge in [0, 0.05) is 24.7 Å². The van der Waals surface area contributed by atoms with Gasteiger partial charge in [-0.1, -0.05) is 0 Å². The Morgan fingerprint density at radius 1 is 1.32 bits per heavy atom. The Balaban J connectivity index is 1.70. The molecule has 19 heavy (non-hydrogen) atoms. The molecular weight excluding hydrogens is 326 g/mol. The van der Waals surface area contributed by atoms with Crippen molar-refractivity contribution in [2.24, 2.45) is 0 Å². The standard InChI is InChI=1S/C12H12BrN5S/c1-8-17-9(7-19-8)2-14-3-10-4-16-12-5-15-11(13)6-18(10)12/h4-7,14H,2-3H2,1H3. The first-order valence-electron chi connectivity index (χ1n) is 5.81. The maximum Gasteiger partial charge on any atom is 0.155 e. The van der Waals surface area contributed by atoms with Crippen molar-refractivity contribution < 1.29 is 0 Å². The van der Waals surface area contributed by atoms with Crippen molar-refractivity contribution in [1.29, 1.82) is 0 Å². The van der Waals surface area contributed by atoms with Gasteiger partial charge >= 0.3 is 0 Å². The molecule has 0 spiro atoms. The quantitative estimate of drug-likeness (QED) is 0.794. The van der Waals surface area contributed by atoms with Gasteiger partial charge in [0.25, 0.3) is 0 Å². The largest absolute Gasteiger partial charge is 0.305 e. The van der Waals surface area contributed by atoms with Crippen molar-refractivity contribution in [3.05, 3.63) is 45.0 Å². The second-order valence-electron chi connectivity index (χ2n) is 4.15. The number of aromatic nitrogens is 4. The Kier molecular flexibility index (Phi) is 3.58. The normalized spacial score (nSPS) is 11.3. The lowest BCUT2D eigenvalue weighted by molar-refractivity contribution is 0.665. The molecule has 98 valence electrons. The lowest BCUT2D eigenvalue weighted by atomic mass is 10.4. The van der Waals surface area contributed by atoms with Gasteiger partial charge in [0.15, 0.2) is 5.65 Å². The van der Waals surface area contributed by atoms with Gasteiger partial charge in [0.2, 0.25) is 0 Å². The minimum Gasteiger partial charge on any atom is -0.305 e. The summed E-state index contributed by atoms with van der Waals surface area (Å²) in [4.78, 5) is 12.9. The molecule has 0 saturated carbocycles. The number of halogens is 1. The lowest BCUT2D eigenvalue weighted by Crippen LogP contribution is -2.14. The van der Waals surface area contributed by atoms with Gasteiger partial charge in [0.1, 0.15) is 4.60 Å². The molecule has 0 fully saturated rings. The Morgan fingerprint density at radius 3 is 3.00 bits per heavy atom. The zero-order chi connectivity index (χ0) is 13.2. The van der Waals surface area contributed by atoms with Gasteiger partial charge in [-0.15, -0.1) is 11.3 Å². The number of nitrogens with zero attached hydrogens (tertiary/aromatic N) is 4. The van der Waals surface area contributed by atoms with Crippen LogP contribution < -0.4 is 5.32 Å². The van der Waals surface area contributed by atoms with E-state index in [1.807, 2.05) is 23.7 Å². The molecule has 0 saturated heterocycles. The molecule has 3 heterocycles. The summed E-state index contributed by atoms with van der Waals surface area (Å²) in [6.07, 6.45) is 5.53. The molecule has 0 aliphatic heterocycles. The molecule has 0 atom stereocenters. The first kappa shape index (κ1) is 12.7. The first-order chi connectivity index (χ1) is 9.22. The molecule has 3 aromatic heterocycles. The number of rotatable bonds is 4. The molecule has 3 rings (SSSR count). The highest BCUT2D eigenvalue weighted by Gasteiger charge is 2.04.